The van der Waals surface area contributed by atoms with Crippen molar-refractivity contribution in [3.63, 3.8) is 0 Å². The highest BCUT2D eigenvalue weighted by Gasteiger charge is 2.21. The summed E-state index contributed by atoms with van der Waals surface area (Å²) in [5.74, 6) is -0.649. The number of carboxylic acid groups (broad SMARTS) is 1. The maximum Gasteiger partial charge on any atom is 0.326 e. The van der Waals surface area contributed by atoms with Crippen molar-refractivity contribution in [2.24, 2.45) is 5.92 Å². The third kappa shape index (κ3) is 7.00. The molecule has 9 heteroatoms. The van der Waals surface area contributed by atoms with Gasteiger partial charge in [0.25, 0.3) is 0 Å². The zero-order chi connectivity index (χ0) is 19.0. The molecule has 0 aromatic heterocycles. The summed E-state index contributed by atoms with van der Waals surface area (Å²) < 4.78 is 4.93. The van der Waals surface area contributed by atoms with Crippen LogP contribution in [0, 0.1) is 16.0 Å². The molecular weight excluding hydrogens is 348 g/mol. The number of carboxylic acids is 1. The number of nitrogens with zero attached hydrogens (tertiary/aromatic N) is 1. The van der Waals surface area contributed by atoms with Gasteiger partial charge < -0.3 is 15.2 Å². The van der Waals surface area contributed by atoms with Crippen LogP contribution < -0.4 is 10.1 Å². The van der Waals surface area contributed by atoms with E-state index in [1.807, 2.05) is 13.8 Å². The largest absolute Gasteiger partial charge is 0.490 e. The Kier molecular flexibility index (Phi) is 8.20. The summed E-state index contributed by atoms with van der Waals surface area (Å²) in [6.45, 7) is 3.76. The second-order valence-electron chi connectivity index (χ2n) is 5.84. The van der Waals surface area contributed by atoms with E-state index < -0.39 is 16.9 Å². The van der Waals surface area contributed by atoms with Crippen LogP contribution >= 0.6 is 11.8 Å². The fraction of sp³-hybridized carbons (Fsp3) is 0.500. The molecule has 0 aliphatic carbocycles. The molecule has 1 rings (SSSR count). The van der Waals surface area contributed by atoms with E-state index in [1.165, 1.54) is 31.0 Å². The second kappa shape index (κ2) is 9.87. The Bertz CT molecular complexity index is 635. The van der Waals surface area contributed by atoms with Crippen LogP contribution in [-0.2, 0) is 15.3 Å². The number of ether oxygens (including phenoxy) is 1. The van der Waals surface area contributed by atoms with Crippen LogP contribution in [0.15, 0.2) is 18.2 Å². The maximum absolute atomic E-state index is 11.9. The van der Waals surface area contributed by atoms with Crippen LogP contribution in [0.2, 0.25) is 0 Å². The molecule has 1 aromatic rings. The summed E-state index contributed by atoms with van der Waals surface area (Å²) in [6, 6.07) is 3.70. The van der Waals surface area contributed by atoms with Crippen LogP contribution in [0.4, 0.5) is 5.69 Å². The van der Waals surface area contributed by atoms with Crippen molar-refractivity contribution in [3.8, 4) is 5.75 Å². The Labute approximate surface area is 150 Å². The number of benzene rings is 1. The zero-order valence-corrected chi connectivity index (χ0v) is 15.2. The van der Waals surface area contributed by atoms with E-state index in [9.17, 15) is 19.7 Å². The van der Waals surface area contributed by atoms with Gasteiger partial charge in [0.15, 0.2) is 5.75 Å². The maximum atomic E-state index is 11.9. The summed E-state index contributed by atoms with van der Waals surface area (Å²) in [7, 11) is 1.36. The fourth-order valence-corrected chi connectivity index (χ4v) is 2.94. The highest BCUT2D eigenvalue weighted by atomic mass is 32.2. The van der Waals surface area contributed by atoms with Crippen LogP contribution in [0.25, 0.3) is 0 Å². The Balaban J connectivity index is 2.56. The molecular formula is C16H22N2O6S. The molecule has 0 spiro atoms. The average Bonchev–Trinajstić information content (AvgIpc) is 2.53. The van der Waals surface area contributed by atoms with Gasteiger partial charge in [0.2, 0.25) is 5.91 Å². The zero-order valence-electron chi connectivity index (χ0n) is 14.4. The molecule has 1 aromatic carbocycles. The molecule has 0 aliphatic heterocycles. The Morgan fingerprint density at radius 1 is 1.40 bits per heavy atom. The number of hydrogen-bond acceptors (Lipinski definition) is 6. The van der Waals surface area contributed by atoms with E-state index in [1.54, 1.807) is 6.07 Å². The topological polar surface area (TPSA) is 119 Å². The second-order valence-corrected chi connectivity index (χ2v) is 6.83. The first-order chi connectivity index (χ1) is 11.7. The van der Waals surface area contributed by atoms with Gasteiger partial charge in [-0.15, -0.1) is 11.8 Å². The van der Waals surface area contributed by atoms with Crippen molar-refractivity contribution in [1.82, 2.24) is 5.32 Å². The molecule has 0 saturated heterocycles. The van der Waals surface area contributed by atoms with E-state index in [4.69, 9.17) is 9.84 Å². The number of carbonyl (C=O) groups is 2. The van der Waals surface area contributed by atoms with Gasteiger partial charge in [-0.2, -0.15) is 0 Å². The monoisotopic (exact) mass is 370 g/mol. The minimum Gasteiger partial charge on any atom is -0.490 e. The van der Waals surface area contributed by atoms with Crippen molar-refractivity contribution >= 4 is 29.3 Å². The average molecular weight is 370 g/mol. The van der Waals surface area contributed by atoms with Crippen LogP contribution in [0.5, 0.6) is 5.75 Å². The number of nitro benzene ring substituents is 1. The molecule has 0 fully saturated rings. The number of aliphatic carboxylic acids is 1. The molecule has 0 unspecified atom stereocenters. The summed E-state index contributed by atoms with van der Waals surface area (Å²) in [6.07, 6.45) is 0.358. The highest BCUT2D eigenvalue weighted by Crippen LogP contribution is 2.28. The normalized spacial score (nSPS) is 11.8. The van der Waals surface area contributed by atoms with Crippen LogP contribution in [-0.4, -0.2) is 40.8 Å². The van der Waals surface area contributed by atoms with Gasteiger partial charge in [-0.3, -0.25) is 14.9 Å². The first-order valence-electron chi connectivity index (χ1n) is 7.65. The van der Waals surface area contributed by atoms with Gasteiger partial charge in [0.05, 0.1) is 17.8 Å². The number of hydrogen-bond donors (Lipinski definition) is 2. The van der Waals surface area contributed by atoms with E-state index in [0.717, 1.165) is 0 Å². The molecule has 1 amide bonds. The molecule has 0 radical (unpaired) electrons. The summed E-state index contributed by atoms with van der Waals surface area (Å²) in [5, 5.41) is 22.6. The molecule has 1 atom stereocenters. The lowest BCUT2D eigenvalue weighted by molar-refractivity contribution is -0.385. The number of methoxy groups -OCH3 is 1. The van der Waals surface area contributed by atoms with Crippen molar-refractivity contribution < 1.29 is 24.4 Å². The number of amides is 1. The van der Waals surface area contributed by atoms with Crippen molar-refractivity contribution in [1.29, 1.82) is 0 Å². The molecule has 0 saturated carbocycles. The lowest BCUT2D eigenvalue weighted by Crippen LogP contribution is -2.42. The van der Waals surface area contributed by atoms with Gasteiger partial charge in [0.1, 0.15) is 6.04 Å². The Hall–Kier alpha value is -2.29. The van der Waals surface area contributed by atoms with Gasteiger partial charge in [-0.05, 0) is 24.0 Å². The van der Waals surface area contributed by atoms with Crippen molar-refractivity contribution in [2.75, 3.05) is 12.9 Å². The number of nitro groups is 1. The van der Waals surface area contributed by atoms with E-state index >= 15 is 0 Å². The summed E-state index contributed by atoms with van der Waals surface area (Å²) in [5.41, 5.74) is 0.551. The predicted molar refractivity (Wildman–Crippen MR) is 94.8 cm³/mol. The van der Waals surface area contributed by atoms with E-state index in [2.05, 4.69) is 5.32 Å². The predicted octanol–water partition coefficient (Wildman–Crippen LogP) is 2.45. The summed E-state index contributed by atoms with van der Waals surface area (Å²) >= 11 is 1.25. The van der Waals surface area contributed by atoms with E-state index in [0.29, 0.717) is 17.7 Å². The standard InChI is InChI=1S/C16H22N2O6S/c1-10(2)6-12(16(20)21)17-15(19)9-25-8-11-4-5-14(24-3)13(7-11)18(22)23/h4-5,7,10,12H,6,8-9H2,1-3H3,(H,17,19)(H,20,21)/t12-/m1/s1. The minimum atomic E-state index is -1.06. The number of nitrogens with one attached hydrogen (secondary N) is 1. The van der Waals surface area contributed by atoms with Crippen molar-refractivity contribution in [3.05, 3.63) is 33.9 Å². The third-order valence-electron chi connectivity index (χ3n) is 3.28. The SMILES string of the molecule is COc1ccc(CSCC(=O)N[C@H](CC(C)C)C(=O)O)cc1[N+](=O)[O-]. The van der Waals surface area contributed by atoms with Crippen LogP contribution in [0.1, 0.15) is 25.8 Å². The molecule has 8 nitrogen and oxygen atoms in total. The highest BCUT2D eigenvalue weighted by molar-refractivity contribution is 7.99. The lowest BCUT2D eigenvalue weighted by Gasteiger charge is -2.16. The lowest BCUT2D eigenvalue weighted by atomic mass is 10.0. The van der Waals surface area contributed by atoms with Gasteiger partial charge >= 0.3 is 11.7 Å². The van der Waals surface area contributed by atoms with Gasteiger partial charge in [-0.25, -0.2) is 4.79 Å². The Morgan fingerprint density at radius 2 is 2.08 bits per heavy atom. The number of thioether (sulfide) groups is 1. The first kappa shape index (κ1) is 20.8. The molecule has 0 bridgehead atoms. The smallest absolute Gasteiger partial charge is 0.326 e. The third-order valence-corrected chi connectivity index (χ3v) is 4.29. The molecule has 2 N–H and O–H groups in total. The fourth-order valence-electron chi connectivity index (χ4n) is 2.16. The Morgan fingerprint density at radius 3 is 2.60 bits per heavy atom. The molecule has 25 heavy (non-hydrogen) atoms. The minimum absolute atomic E-state index is 0.0711. The molecule has 0 aliphatic rings. The van der Waals surface area contributed by atoms with E-state index in [-0.39, 0.29) is 29.0 Å². The number of carbonyl (C=O) groups excluding carboxylic acids is 1. The van der Waals surface area contributed by atoms with Crippen molar-refractivity contribution in [2.45, 2.75) is 32.1 Å². The van der Waals surface area contributed by atoms with Gasteiger partial charge in [-0.1, -0.05) is 19.9 Å². The van der Waals surface area contributed by atoms with Crippen LogP contribution in [0.3, 0.4) is 0 Å². The van der Waals surface area contributed by atoms with Gasteiger partial charge in [0, 0.05) is 11.8 Å². The first-order valence-corrected chi connectivity index (χ1v) is 8.81. The molecule has 138 valence electrons. The quantitative estimate of drug-likeness (QED) is 0.479. The molecule has 0 heterocycles. The number of rotatable bonds is 10. The summed E-state index contributed by atoms with van der Waals surface area (Å²) in [4.78, 5) is 33.5.